The van der Waals surface area contributed by atoms with Crippen molar-refractivity contribution in [1.29, 1.82) is 0 Å². The summed E-state index contributed by atoms with van der Waals surface area (Å²) in [5.41, 5.74) is 13.8. The van der Waals surface area contributed by atoms with Crippen LogP contribution in [0.2, 0.25) is 20.1 Å². The molecule has 0 saturated heterocycles. The van der Waals surface area contributed by atoms with Gasteiger partial charge in [-0.1, -0.05) is 189 Å². The molecule has 0 radical (unpaired) electrons. The number of carbonyl (C=O) groups is 6. The summed E-state index contributed by atoms with van der Waals surface area (Å²) in [5.74, 6) is 2.81. The number of hydrogen-bond donors (Lipinski definition) is 13. The number of nitrogens with zero attached hydrogens (tertiary/aromatic N) is 9. The smallest absolute Gasteiger partial charge is 0.253 e. The molecule has 126 heavy (non-hydrogen) atoms. The second kappa shape index (κ2) is 49.1. The van der Waals surface area contributed by atoms with E-state index in [1.165, 1.54) is 48.5 Å². The quantitative estimate of drug-likeness (QED) is 0.0162. The number of likely N-dealkylation sites (N-methyl/N-ethyl adjacent to an activating group) is 1. The van der Waals surface area contributed by atoms with Gasteiger partial charge in [-0.05, 0) is 183 Å². The highest BCUT2D eigenvalue weighted by molar-refractivity contribution is 6.34. The van der Waals surface area contributed by atoms with Crippen LogP contribution < -0.4 is 69.1 Å². The van der Waals surface area contributed by atoms with Gasteiger partial charge in [0.05, 0.1) is 47.3 Å². The van der Waals surface area contributed by atoms with Gasteiger partial charge in [0.1, 0.15) is 20.1 Å². The molecule has 0 aliphatic rings. The minimum Gasteiger partial charge on any atom is -0.355 e. The summed E-state index contributed by atoms with van der Waals surface area (Å²) in [7, 11) is 8.88. The molecule has 0 atom stereocenters. The van der Waals surface area contributed by atoms with Crippen molar-refractivity contribution in [2.75, 3.05) is 95.0 Å². The van der Waals surface area contributed by atoms with E-state index in [2.05, 4.69) is 149 Å². The summed E-state index contributed by atoms with van der Waals surface area (Å²) < 4.78 is 0. The van der Waals surface area contributed by atoms with Gasteiger partial charge in [-0.15, -0.1) is 0 Å². The number of halogens is 4. The van der Waals surface area contributed by atoms with Gasteiger partial charge in [0.15, 0.2) is 34.8 Å². The number of hydrogen-bond acceptors (Lipinski definition) is 24. The van der Waals surface area contributed by atoms with Gasteiger partial charge < -0.3 is 74.0 Å². The van der Waals surface area contributed by atoms with E-state index in [4.69, 9.17) is 46.4 Å². The predicted molar refractivity (Wildman–Crippen MR) is 510 cm³/mol. The topological polar surface area (TPSA) is 365 Å². The summed E-state index contributed by atoms with van der Waals surface area (Å²) in [4.78, 5) is 108. The lowest BCUT2D eigenvalue weighted by Gasteiger charge is -2.15. The number of allylic oxidation sites excluding steroid dienone is 2. The third-order valence-electron chi connectivity index (χ3n) is 18.0. The Kier molecular flexibility index (Phi) is 37.3. The van der Waals surface area contributed by atoms with Crippen molar-refractivity contribution in [3.05, 3.63) is 328 Å². The lowest BCUT2D eigenvalue weighted by Crippen LogP contribution is -2.19. The van der Waals surface area contributed by atoms with Crippen LogP contribution in [0.4, 0.5) is 98.3 Å². The van der Waals surface area contributed by atoms with E-state index in [1.807, 2.05) is 142 Å². The molecule has 12 rings (SSSR count). The van der Waals surface area contributed by atoms with E-state index >= 15 is 0 Å². The van der Waals surface area contributed by atoms with Gasteiger partial charge in [0.2, 0.25) is 35.6 Å². The number of benzene rings is 8. The maximum Gasteiger partial charge on any atom is 0.253 e. The highest BCUT2D eigenvalue weighted by Gasteiger charge is 2.19. The molecule has 28 nitrogen and oxygen atoms in total. The van der Waals surface area contributed by atoms with E-state index < -0.39 is 0 Å². The number of para-hydroxylation sites is 4. The molecule has 4 amide bonds. The van der Waals surface area contributed by atoms with Gasteiger partial charge in [-0.2, -0.15) is 19.9 Å². The number of aromatic nitrogens is 8. The third kappa shape index (κ3) is 30.7. The number of aryl methyl sites for hydroxylation is 2. The number of amides is 4. The Morgan fingerprint density at radius 3 is 1.33 bits per heavy atom. The van der Waals surface area contributed by atoms with Crippen LogP contribution >= 0.6 is 46.4 Å². The Morgan fingerprint density at radius 2 is 0.857 bits per heavy atom. The van der Waals surface area contributed by atoms with Crippen molar-refractivity contribution in [2.24, 2.45) is 5.92 Å². The molecule has 0 spiro atoms. The van der Waals surface area contributed by atoms with Crippen LogP contribution in [0, 0.1) is 12.8 Å². The highest BCUT2D eigenvalue weighted by atomic mass is 35.5. The fourth-order valence-electron chi connectivity index (χ4n) is 11.8. The number of carbonyl (C=O) groups excluding carboxylic acids is 6. The van der Waals surface area contributed by atoms with Crippen LogP contribution in [0.15, 0.2) is 263 Å². The van der Waals surface area contributed by atoms with Gasteiger partial charge in [-0.3, -0.25) is 28.8 Å². The van der Waals surface area contributed by atoms with E-state index in [9.17, 15) is 28.8 Å². The summed E-state index contributed by atoms with van der Waals surface area (Å²) in [6.45, 7) is 18.8. The summed E-state index contributed by atoms with van der Waals surface area (Å²) >= 11 is 25.2. The summed E-state index contributed by atoms with van der Waals surface area (Å²) in [6, 6.07) is 58.2. The van der Waals surface area contributed by atoms with Crippen molar-refractivity contribution in [3.63, 3.8) is 0 Å². The standard InChI is InChI=1S/C26H29ClN4O.C24H26ClN7O2.C23H22ClN5O2.C21H21ClN6O/c1-5-22(32)14-19-11-10-18(4)21(13-19)15-28-26-29-16-23(27)25(31-26)30-24-9-7-6-8-20(24)12-17(2)3;1-26-23(34)18-10-4-5-11-20(18)30-22-19(25)15-27-24(31-22)29-17-9-6-8-16(14-17)28-21(33)12-7-13-32(2)3;1-3-17(30)12-11-15-7-6-8-16(13-15)27-23-26-14-19(24)21(29-23)28-20-10-5-4-9-18(20)22(31)25-2;1-3-19(29)25-15-8-6-9-16(11-15)26-21-24-13-17(22)20(28-21)27-18-10-5-4-7-14(18)12-23-2/h5-11,13,16-17H,1,12,14-15H2,2-4H3,(H2,28,29,30,31);4-12,14-15H,13H2,1-3H3,(H,26,34)(H,28,33)(H2,27,29,30,31);3-10,13-14H,1,11-12H2,2H3,(H,25,31)(H2,26,27,28,29);3-11,13,23H,1,12H2,2H3,(H,25,29)(H2,24,26,27,28)/b;12-7+;;. The molecule has 648 valence electrons. The Hall–Kier alpha value is -14.3. The first kappa shape index (κ1) is 95.6. The molecular weight excluding hydrogens is 1670 g/mol. The first-order valence-electron chi connectivity index (χ1n) is 39.7. The second-order valence-electron chi connectivity index (χ2n) is 28.5. The normalized spacial score (nSPS) is 10.6. The van der Waals surface area contributed by atoms with Crippen molar-refractivity contribution in [2.45, 2.75) is 59.5 Å². The maximum absolute atomic E-state index is 12.1. The zero-order valence-electron chi connectivity index (χ0n) is 70.7. The number of ketones is 2. The van der Waals surface area contributed by atoms with Crippen LogP contribution in [0.25, 0.3) is 0 Å². The molecule has 0 aliphatic heterocycles. The molecule has 8 aromatic carbocycles. The van der Waals surface area contributed by atoms with E-state index in [1.54, 1.807) is 99.2 Å². The monoisotopic (exact) mass is 1770 g/mol. The van der Waals surface area contributed by atoms with Crippen LogP contribution in [-0.2, 0) is 51.5 Å². The summed E-state index contributed by atoms with van der Waals surface area (Å²) in [6.07, 6.45) is 15.6. The van der Waals surface area contributed by atoms with Crippen molar-refractivity contribution in [1.82, 2.24) is 60.7 Å². The number of rotatable bonds is 36. The van der Waals surface area contributed by atoms with Gasteiger partial charge in [-0.25, -0.2) is 19.9 Å². The molecule has 12 aromatic rings. The molecule has 0 bridgehead atoms. The molecule has 4 heterocycles. The van der Waals surface area contributed by atoms with E-state index in [0.717, 1.165) is 57.0 Å². The fourth-order valence-corrected chi connectivity index (χ4v) is 12.4. The average molecular weight is 1770 g/mol. The zero-order chi connectivity index (χ0) is 90.4. The molecule has 0 aliphatic carbocycles. The molecular formula is C94H98Cl4N22O6. The average Bonchev–Trinajstić information content (AvgIpc) is 0.831. The minimum absolute atomic E-state index is 0.00209. The lowest BCUT2D eigenvalue weighted by molar-refractivity contribution is -0.115. The van der Waals surface area contributed by atoms with Crippen LogP contribution in [0.5, 0.6) is 0 Å². The SMILES string of the molecule is C=CC(=O)CCc1cccc(Nc2ncc(Cl)c(Nc3ccccc3C(=O)NC)n2)c1.C=CC(=O)Cc1ccc(C)c(CNc2ncc(Cl)c(Nc3ccccc3CC(C)C)n2)c1.C=CC(=O)Nc1cccc(Nc2ncc(Cl)c(Nc3ccccc3CNC)n2)c1.CNC(=O)c1ccccc1Nc1nc(Nc2cccc(NC(=O)/C=C/CN(C)C)c2)ncc1Cl. The predicted octanol–water partition coefficient (Wildman–Crippen LogP) is 19.4. The Morgan fingerprint density at radius 1 is 0.429 bits per heavy atom. The van der Waals surface area contributed by atoms with Crippen molar-refractivity contribution in [3.8, 4) is 0 Å². The van der Waals surface area contributed by atoms with Gasteiger partial charge >= 0.3 is 0 Å². The Balaban J connectivity index is 0.000000190. The zero-order valence-corrected chi connectivity index (χ0v) is 73.8. The van der Waals surface area contributed by atoms with Crippen LogP contribution in [-0.4, -0.2) is 122 Å². The second-order valence-corrected chi connectivity index (χ2v) is 30.1. The first-order chi connectivity index (χ1) is 60.8. The highest BCUT2D eigenvalue weighted by Crippen LogP contribution is 2.33. The maximum atomic E-state index is 12.1. The van der Waals surface area contributed by atoms with Crippen LogP contribution in [0.3, 0.4) is 0 Å². The van der Waals surface area contributed by atoms with Gasteiger partial charge in [0.25, 0.3) is 11.8 Å². The van der Waals surface area contributed by atoms with Crippen molar-refractivity contribution < 1.29 is 28.8 Å². The molecule has 32 heteroatoms. The molecule has 4 aromatic heterocycles. The van der Waals surface area contributed by atoms with Gasteiger partial charge in [0, 0.05) is 92.5 Å². The molecule has 13 N–H and O–H groups in total. The lowest BCUT2D eigenvalue weighted by atomic mass is 10.0. The van der Waals surface area contributed by atoms with Crippen molar-refractivity contribution >= 4 is 180 Å². The Labute approximate surface area is 752 Å². The number of nitrogens with one attached hydrogen (secondary N) is 13. The number of anilines is 17. The summed E-state index contributed by atoms with van der Waals surface area (Å²) in [5, 5.41) is 40.8. The van der Waals surface area contributed by atoms with Crippen LogP contribution in [0.1, 0.15) is 74.4 Å². The Bertz CT molecular complexity index is 5860. The molecule has 0 unspecified atom stereocenters. The largest absolute Gasteiger partial charge is 0.355 e. The van der Waals surface area contributed by atoms with E-state index in [0.29, 0.717) is 152 Å². The molecule has 0 saturated carbocycles. The third-order valence-corrected chi connectivity index (χ3v) is 19.1. The fraction of sp³-hybridized carbons (Fsp3) is 0.170. The first-order valence-corrected chi connectivity index (χ1v) is 41.2. The van der Waals surface area contributed by atoms with E-state index in [-0.39, 0.29) is 35.2 Å². The molecule has 0 fully saturated rings. The minimum atomic E-state index is -0.281.